The zero-order valence-electron chi connectivity index (χ0n) is 12.5. The van der Waals surface area contributed by atoms with Crippen molar-refractivity contribution in [1.29, 1.82) is 0 Å². The van der Waals surface area contributed by atoms with Gasteiger partial charge >= 0.3 is 0 Å². The molecule has 7 heteroatoms. The van der Waals surface area contributed by atoms with E-state index >= 15 is 0 Å². The maximum atomic E-state index is 12.3. The van der Waals surface area contributed by atoms with Crippen LogP contribution in [0.2, 0.25) is 5.02 Å². The summed E-state index contributed by atoms with van der Waals surface area (Å²) in [6.07, 6.45) is 1.77. The predicted octanol–water partition coefficient (Wildman–Crippen LogP) is 3.16. The predicted molar refractivity (Wildman–Crippen MR) is 88.3 cm³/mol. The van der Waals surface area contributed by atoms with Crippen LogP contribution in [0.3, 0.4) is 0 Å². The molecule has 2 aromatic heterocycles. The Bertz CT molecular complexity index is 935. The summed E-state index contributed by atoms with van der Waals surface area (Å²) in [4.78, 5) is 17.1. The number of hydrogen-bond acceptors (Lipinski definition) is 3. The average molecular weight is 335 g/mol. The van der Waals surface area contributed by atoms with Crippen molar-refractivity contribution in [3.8, 4) is 0 Å². The van der Waals surface area contributed by atoms with E-state index in [4.69, 9.17) is 11.6 Å². The fourth-order valence-electron chi connectivity index (χ4n) is 2.31. The van der Waals surface area contributed by atoms with E-state index in [1.54, 1.807) is 16.9 Å². The number of carbonyl (C=O) groups is 1. The van der Waals surface area contributed by atoms with Gasteiger partial charge in [0.1, 0.15) is 0 Å². The SMILES string of the molecule is CCn1ccc(C(=O)N=c2sc3c(Cl)ccc(C)c3n2C)n1. The van der Waals surface area contributed by atoms with Gasteiger partial charge in [-0.25, -0.2) is 0 Å². The smallest absolute Gasteiger partial charge is 0.300 e. The monoisotopic (exact) mass is 334 g/mol. The summed E-state index contributed by atoms with van der Waals surface area (Å²) < 4.78 is 4.54. The van der Waals surface area contributed by atoms with Gasteiger partial charge in [-0.1, -0.05) is 29.0 Å². The summed E-state index contributed by atoms with van der Waals surface area (Å²) in [6.45, 7) is 4.70. The summed E-state index contributed by atoms with van der Waals surface area (Å²) in [5.74, 6) is -0.344. The molecular formula is C15H15ClN4OS. The number of fused-ring (bicyclic) bond motifs is 1. The van der Waals surface area contributed by atoms with Gasteiger partial charge in [0, 0.05) is 19.8 Å². The van der Waals surface area contributed by atoms with Crippen LogP contribution >= 0.6 is 22.9 Å². The normalized spacial score (nSPS) is 12.3. The molecular weight excluding hydrogens is 320 g/mol. The van der Waals surface area contributed by atoms with Gasteiger partial charge in [0.05, 0.1) is 15.2 Å². The lowest BCUT2D eigenvalue weighted by atomic mass is 10.2. The van der Waals surface area contributed by atoms with Crippen molar-refractivity contribution in [3.05, 3.63) is 45.5 Å². The maximum Gasteiger partial charge on any atom is 0.300 e. The van der Waals surface area contributed by atoms with Gasteiger partial charge in [-0.05, 0) is 31.5 Å². The Morgan fingerprint density at radius 3 is 2.82 bits per heavy atom. The number of benzene rings is 1. The summed E-state index contributed by atoms with van der Waals surface area (Å²) in [5, 5.41) is 4.86. The van der Waals surface area contributed by atoms with E-state index in [1.165, 1.54) is 11.3 Å². The molecule has 0 N–H and O–H groups in total. The third kappa shape index (κ3) is 2.48. The highest BCUT2D eigenvalue weighted by Gasteiger charge is 2.12. The molecule has 5 nitrogen and oxygen atoms in total. The first-order valence-corrected chi connectivity index (χ1v) is 8.08. The second kappa shape index (κ2) is 5.70. The zero-order valence-corrected chi connectivity index (χ0v) is 14.1. The van der Waals surface area contributed by atoms with E-state index < -0.39 is 0 Å². The number of rotatable bonds is 2. The van der Waals surface area contributed by atoms with Crippen LogP contribution in [-0.2, 0) is 13.6 Å². The van der Waals surface area contributed by atoms with Crippen molar-refractivity contribution in [2.75, 3.05) is 0 Å². The molecule has 0 aliphatic carbocycles. The van der Waals surface area contributed by atoms with Crippen molar-refractivity contribution in [2.45, 2.75) is 20.4 Å². The lowest BCUT2D eigenvalue weighted by Crippen LogP contribution is -2.14. The number of aromatic nitrogens is 3. The molecule has 0 aliphatic heterocycles. The Kier molecular flexibility index (Phi) is 3.88. The fourth-order valence-corrected chi connectivity index (χ4v) is 3.68. The standard InChI is InChI=1S/C15H15ClN4OS/c1-4-20-8-7-11(18-20)14(21)17-15-19(3)12-9(2)5-6-10(16)13(12)22-15/h5-8H,4H2,1-3H3. The molecule has 0 bridgehead atoms. The van der Waals surface area contributed by atoms with Gasteiger partial charge in [0.15, 0.2) is 10.5 Å². The van der Waals surface area contributed by atoms with Crippen LogP contribution in [-0.4, -0.2) is 20.3 Å². The zero-order chi connectivity index (χ0) is 15.9. The van der Waals surface area contributed by atoms with Crippen LogP contribution in [0.1, 0.15) is 23.0 Å². The number of thiazole rings is 1. The number of amides is 1. The van der Waals surface area contributed by atoms with E-state index in [0.29, 0.717) is 15.5 Å². The summed E-state index contributed by atoms with van der Waals surface area (Å²) >= 11 is 7.65. The first-order chi connectivity index (χ1) is 10.5. The molecule has 0 radical (unpaired) electrons. The van der Waals surface area contributed by atoms with Crippen LogP contribution < -0.4 is 4.80 Å². The fraction of sp³-hybridized carbons (Fsp3) is 0.267. The second-order valence-corrected chi connectivity index (χ2v) is 6.34. The molecule has 2 heterocycles. The number of carbonyl (C=O) groups excluding carboxylic acids is 1. The molecule has 0 aliphatic rings. The van der Waals surface area contributed by atoms with Crippen molar-refractivity contribution >= 4 is 39.1 Å². The third-order valence-electron chi connectivity index (χ3n) is 3.48. The third-order valence-corrected chi connectivity index (χ3v) is 5.07. The van der Waals surface area contributed by atoms with E-state index in [0.717, 1.165) is 22.3 Å². The second-order valence-electron chi connectivity index (χ2n) is 4.96. The Balaban J connectivity index is 2.13. The van der Waals surface area contributed by atoms with E-state index in [9.17, 15) is 4.79 Å². The molecule has 22 heavy (non-hydrogen) atoms. The van der Waals surface area contributed by atoms with Gasteiger partial charge < -0.3 is 4.57 Å². The minimum absolute atomic E-state index is 0.344. The van der Waals surface area contributed by atoms with E-state index in [-0.39, 0.29) is 5.91 Å². The number of hydrogen-bond donors (Lipinski definition) is 0. The van der Waals surface area contributed by atoms with Crippen molar-refractivity contribution in [3.63, 3.8) is 0 Å². The summed E-state index contributed by atoms with van der Waals surface area (Å²) in [5.41, 5.74) is 2.45. The molecule has 0 saturated carbocycles. The molecule has 0 saturated heterocycles. The summed E-state index contributed by atoms with van der Waals surface area (Å²) in [6, 6.07) is 5.51. The Morgan fingerprint density at radius 1 is 1.41 bits per heavy atom. The molecule has 0 fully saturated rings. The minimum Gasteiger partial charge on any atom is -0.319 e. The Morgan fingerprint density at radius 2 is 2.18 bits per heavy atom. The number of aryl methyl sites for hydroxylation is 3. The van der Waals surface area contributed by atoms with Crippen LogP contribution in [0.5, 0.6) is 0 Å². The van der Waals surface area contributed by atoms with Crippen molar-refractivity contribution in [2.24, 2.45) is 12.0 Å². The number of nitrogens with zero attached hydrogens (tertiary/aromatic N) is 4. The first kappa shape index (κ1) is 15.0. The maximum absolute atomic E-state index is 12.3. The molecule has 0 unspecified atom stereocenters. The highest BCUT2D eigenvalue weighted by molar-refractivity contribution is 7.17. The first-order valence-electron chi connectivity index (χ1n) is 6.88. The van der Waals surface area contributed by atoms with Crippen LogP contribution in [0.15, 0.2) is 29.4 Å². The molecule has 1 amide bonds. The van der Waals surface area contributed by atoms with Gasteiger partial charge in [0.2, 0.25) is 0 Å². The lowest BCUT2D eigenvalue weighted by molar-refractivity contribution is 0.0992. The molecule has 0 atom stereocenters. The molecule has 114 valence electrons. The summed E-state index contributed by atoms with van der Waals surface area (Å²) in [7, 11) is 1.89. The highest BCUT2D eigenvalue weighted by Crippen LogP contribution is 2.28. The van der Waals surface area contributed by atoms with E-state index in [1.807, 2.05) is 37.6 Å². The molecule has 3 rings (SSSR count). The highest BCUT2D eigenvalue weighted by atomic mass is 35.5. The van der Waals surface area contributed by atoms with Gasteiger partial charge in [0.25, 0.3) is 5.91 Å². The topological polar surface area (TPSA) is 52.2 Å². The van der Waals surface area contributed by atoms with Gasteiger partial charge in [-0.15, -0.1) is 0 Å². The van der Waals surface area contributed by atoms with Crippen molar-refractivity contribution < 1.29 is 4.79 Å². The lowest BCUT2D eigenvalue weighted by Gasteiger charge is -2.00. The van der Waals surface area contributed by atoms with E-state index in [2.05, 4.69) is 10.1 Å². The van der Waals surface area contributed by atoms with Crippen LogP contribution in [0, 0.1) is 6.92 Å². The average Bonchev–Trinajstić information content (AvgIpc) is 3.09. The van der Waals surface area contributed by atoms with Crippen molar-refractivity contribution in [1.82, 2.24) is 14.3 Å². The van der Waals surface area contributed by atoms with Gasteiger partial charge in [-0.3, -0.25) is 9.48 Å². The molecule has 0 spiro atoms. The Hall–Kier alpha value is -1.92. The number of halogens is 1. The largest absolute Gasteiger partial charge is 0.319 e. The molecule has 1 aromatic carbocycles. The van der Waals surface area contributed by atoms with Crippen LogP contribution in [0.4, 0.5) is 0 Å². The Labute approximate surface area is 136 Å². The molecule has 3 aromatic rings. The van der Waals surface area contributed by atoms with Gasteiger partial charge in [-0.2, -0.15) is 10.1 Å². The minimum atomic E-state index is -0.344. The van der Waals surface area contributed by atoms with Crippen LogP contribution in [0.25, 0.3) is 10.2 Å². The quantitative estimate of drug-likeness (QED) is 0.723.